The average molecular weight is 365 g/mol. The van der Waals surface area contributed by atoms with Crippen LogP contribution in [0.25, 0.3) is 11.3 Å². The number of rotatable bonds is 5. The van der Waals surface area contributed by atoms with Crippen LogP contribution in [0.4, 0.5) is 0 Å². The number of carbonyl (C=O) groups is 1. The third kappa shape index (κ3) is 3.02. The summed E-state index contributed by atoms with van der Waals surface area (Å²) in [5.41, 5.74) is 2.50. The Morgan fingerprint density at radius 2 is 2.23 bits per heavy atom. The van der Waals surface area contributed by atoms with Crippen molar-refractivity contribution in [3.05, 3.63) is 33.9 Å². The first-order chi connectivity index (χ1) is 10.5. The van der Waals surface area contributed by atoms with Gasteiger partial charge in [-0.2, -0.15) is 5.10 Å². The maximum absolute atomic E-state index is 11.0. The van der Waals surface area contributed by atoms with Crippen LogP contribution in [-0.4, -0.2) is 27.9 Å². The SMILES string of the molecule is Cc1cc(Br)c(OCC2CCC2)c(-c2cc(C(=O)O)[nH]n2)c1. The van der Waals surface area contributed by atoms with E-state index in [-0.39, 0.29) is 5.69 Å². The molecule has 0 unspecified atom stereocenters. The number of nitrogens with one attached hydrogen (secondary N) is 1. The van der Waals surface area contributed by atoms with E-state index in [2.05, 4.69) is 26.1 Å². The Bertz CT molecular complexity index is 707. The topological polar surface area (TPSA) is 75.2 Å². The van der Waals surface area contributed by atoms with Gasteiger partial charge < -0.3 is 9.84 Å². The summed E-state index contributed by atoms with van der Waals surface area (Å²) < 4.78 is 6.87. The molecule has 0 radical (unpaired) electrons. The van der Waals surface area contributed by atoms with Gasteiger partial charge in [-0.3, -0.25) is 5.10 Å². The summed E-state index contributed by atoms with van der Waals surface area (Å²) in [6.45, 7) is 2.67. The molecule has 1 aromatic carbocycles. The van der Waals surface area contributed by atoms with E-state index in [1.165, 1.54) is 25.3 Å². The molecule has 116 valence electrons. The molecule has 1 saturated carbocycles. The molecule has 2 aromatic rings. The number of aryl methyl sites for hydroxylation is 1. The number of ether oxygens (including phenoxy) is 1. The number of halogens is 1. The highest BCUT2D eigenvalue weighted by atomic mass is 79.9. The number of carboxylic acids is 1. The maximum atomic E-state index is 11.0. The zero-order valence-corrected chi connectivity index (χ0v) is 13.8. The number of hydrogen-bond donors (Lipinski definition) is 2. The monoisotopic (exact) mass is 364 g/mol. The first-order valence-electron chi connectivity index (χ1n) is 7.26. The highest BCUT2D eigenvalue weighted by Crippen LogP contribution is 2.38. The molecule has 2 N–H and O–H groups in total. The Morgan fingerprint density at radius 1 is 1.45 bits per heavy atom. The average Bonchev–Trinajstić information content (AvgIpc) is 2.88. The quantitative estimate of drug-likeness (QED) is 0.839. The molecule has 0 bridgehead atoms. The van der Waals surface area contributed by atoms with Gasteiger partial charge in [-0.15, -0.1) is 0 Å². The Kier molecular flexibility index (Phi) is 4.20. The van der Waals surface area contributed by atoms with E-state index in [1.807, 2.05) is 19.1 Å². The second-order valence-electron chi connectivity index (χ2n) is 5.70. The zero-order valence-electron chi connectivity index (χ0n) is 12.2. The minimum absolute atomic E-state index is 0.0672. The van der Waals surface area contributed by atoms with Crippen LogP contribution in [0.3, 0.4) is 0 Å². The zero-order chi connectivity index (χ0) is 15.7. The molecule has 1 aliphatic carbocycles. The van der Waals surface area contributed by atoms with Crippen molar-refractivity contribution in [3.63, 3.8) is 0 Å². The Labute approximate surface area is 136 Å². The molecule has 1 aliphatic rings. The van der Waals surface area contributed by atoms with Gasteiger partial charge in [0.05, 0.1) is 16.8 Å². The second-order valence-corrected chi connectivity index (χ2v) is 6.56. The van der Waals surface area contributed by atoms with E-state index >= 15 is 0 Å². The molecule has 22 heavy (non-hydrogen) atoms. The first kappa shape index (κ1) is 15.1. The van der Waals surface area contributed by atoms with Crippen LogP contribution in [0.5, 0.6) is 5.75 Å². The molecule has 0 atom stereocenters. The summed E-state index contributed by atoms with van der Waals surface area (Å²) in [6.07, 6.45) is 3.70. The van der Waals surface area contributed by atoms with Gasteiger partial charge in [0, 0.05) is 5.56 Å². The van der Waals surface area contributed by atoms with Gasteiger partial charge >= 0.3 is 5.97 Å². The molecule has 0 amide bonds. The van der Waals surface area contributed by atoms with E-state index in [1.54, 1.807) is 0 Å². The van der Waals surface area contributed by atoms with Crippen LogP contribution in [0, 0.1) is 12.8 Å². The van der Waals surface area contributed by atoms with Crippen molar-refractivity contribution in [1.29, 1.82) is 0 Å². The second kappa shape index (κ2) is 6.12. The summed E-state index contributed by atoms with van der Waals surface area (Å²) in [7, 11) is 0. The summed E-state index contributed by atoms with van der Waals surface area (Å²) >= 11 is 3.54. The lowest BCUT2D eigenvalue weighted by molar-refractivity contribution is 0.0690. The van der Waals surface area contributed by atoms with Crippen LogP contribution in [0.15, 0.2) is 22.7 Å². The van der Waals surface area contributed by atoms with Gasteiger partial charge in [0.25, 0.3) is 0 Å². The summed E-state index contributed by atoms with van der Waals surface area (Å²) in [4.78, 5) is 11.0. The van der Waals surface area contributed by atoms with Crippen LogP contribution < -0.4 is 4.74 Å². The van der Waals surface area contributed by atoms with Crippen LogP contribution in [0.2, 0.25) is 0 Å². The van der Waals surface area contributed by atoms with Crippen molar-refractivity contribution in [3.8, 4) is 17.0 Å². The van der Waals surface area contributed by atoms with Crippen LogP contribution in [0.1, 0.15) is 35.3 Å². The minimum Gasteiger partial charge on any atom is -0.491 e. The minimum atomic E-state index is -1.03. The third-order valence-electron chi connectivity index (χ3n) is 3.96. The number of carboxylic acid groups (broad SMARTS) is 1. The van der Waals surface area contributed by atoms with Gasteiger partial charge in [-0.1, -0.05) is 6.42 Å². The van der Waals surface area contributed by atoms with E-state index < -0.39 is 5.97 Å². The molecule has 1 fully saturated rings. The van der Waals surface area contributed by atoms with Crippen LogP contribution >= 0.6 is 15.9 Å². The van der Waals surface area contributed by atoms with Crippen molar-refractivity contribution in [1.82, 2.24) is 10.2 Å². The molecular weight excluding hydrogens is 348 g/mol. The number of nitrogens with zero attached hydrogens (tertiary/aromatic N) is 1. The fourth-order valence-electron chi connectivity index (χ4n) is 2.50. The lowest BCUT2D eigenvalue weighted by Crippen LogP contribution is -2.19. The molecule has 1 aromatic heterocycles. The lowest BCUT2D eigenvalue weighted by atomic mass is 9.86. The third-order valence-corrected chi connectivity index (χ3v) is 4.55. The van der Waals surface area contributed by atoms with Crippen molar-refractivity contribution in [2.45, 2.75) is 26.2 Å². The predicted octanol–water partition coefficient (Wildman–Crippen LogP) is 4.02. The van der Waals surface area contributed by atoms with Gasteiger partial charge in [0.2, 0.25) is 0 Å². The summed E-state index contributed by atoms with van der Waals surface area (Å²) in [5, 5.41) is 15.7. The van der Waals surface area contributed by atoms with Crippen molar-refractivity contribution < 1.29 is 14.6 Å². The summed E-state index contributed by atoms with van der Waals surface area (Å²) in [5.74, 6) is 0.318. The number of aromatic carboxylic acids is 1. The van der Waals surface area contributed by atoms with Crippen LogP contribution in [-0.2, 0) is 0 Å². The molecule has 1 heterocycles. The van der Waals surface area contributed by atoms with E-state index in [0.29, 0.717) is 18.2 Å². The number of H-pyrrole nitrogens is 1. The summed E-state index contributed by atoms with van der Waals surface area (Å²) in [6, 6.07) is 5.48. The largest absolute Gasteiger partial charge is 0.491 e. The van der Waals surface area contributed by atoms with Gasteiger partial charge in [0.15, 0.2) is 0 Å². The van der Waals surface area contributed by atoms with Crippen molar-refractivity contribution >= 4 is 21.9 Å². The molecule has 5 nitrogen and oxygen atoms in total. The standard InChI is InChI=1S/C16H17BrN2O3/c1-9-5-11(13-7-14(16(20)21)19-18-13)15(12(17)6-9)22-8-10-3-2-4-10/h5-7,10H,2-4,8H2,1H3,(H,18,19)(H,20,21). The Hall–Kier alpha value is -1.82. The van der Waals surface area contributed by atoms with Crippen molar-refractivity contribution in [2.24, 2.45) is 5.92 Å². The van der Waals surface area contributed by atoms with Gasteiger partial charge in [0.1, 0.15) is 11.4 Å². The molecule has 0 spiro atoms. The Morgan fingerprint density at radius 3 is 2.82 bits per heavy atom. The fourth-order valence-corrected chi connectivity index (χ4v) is 3.18. The highest BCUT2D eigenvalue weighted by Gasteiger charge is 2.21. The molecular formula is C16H17BrN2O3. The van der Waals surface area contributed by atoms with Gasteiger partial charge in [-0.05, 0) is 65.4 Å². The van der Waals surface area contributed by atoms with Crippen molar-refractivity contribution in [2.75, 3.05) is 6.61 Å². The van der Waals surface area contributed by atoms with E-state index in [0.717, 1.165) is 21.3 Å². The molecule has 0 saturated heterocycles. The molecule has 6 heteroatoms. The first-order valence-corrected chi connectivity index (χ1v) is 8.06. The number of aromatic nitrogens is 2. The van der Waals surface area contributed by atoms with Gasteiger partial charge in [-0.25, -0.2) is 4.79 Å². The predicted molar refractivity (Wildman–Crippen MR) is 86.3 cm³/mol. The smallest absolute Gasteiger partial charge is 0.353 e. The highest BCUT2D eigenvalue weighted by molar-refractivity contribution is 9.10. The molecule has 3 rings (SSSR count). The molecule has 0 aliphatic heterocycles. The number of benzene rings is 1. The normalized spacial score (nSPS) is 14.6. The number of hydrogen-bond acceptors (Lipinski definition) is 3. The fraction of sp³-hybridized carbons (Fsp3) is 0.375. The van der Waals surface area contributed by atoms with E-state index in [9.17, 15) is 4.79 Å². The van der Waals surface area contributed by atoms with E-state index in [4.69, 9.17) is 9.84 Å². The Balaban J connectivity index is 1.94. The number of aromatic amines is 1. The lowest BCUT2D eigenvalue weighted by Gasteiger charge is -2.26. The maximum Gasteiger partial charge on any atom is 0.353 e.